The smallest absolute Gasteiger partial charge is 0.240 e. The van der Waals surface area contributed by atoms with Crippen LogP contribution in [0.25, 0.3) is 0 Å². The molecule has 1 unspecified atom stereocenters. The van der Waals surface area contributed by atoms with Crippen molar-refractivity contribution < 1.29 is 12.8 Å². The molecule has 0 radical (unpaired) electrons. The molecule has 106 valence electrons. The van der Waals surface area contributed by atoms with Crippen LogP contribution >= 0.6 is 0 Å². The minimum Gasteiger partial charge on any atom is -0.306 e. The number of likely N-dealkylation sites (tertiary alicyclic amines) is 1. The van der Waals surface area contributed by atoms with Crippen LogP contribution in [-0.2, 0) is 10.0 Å². The second kappa shape index (κ2) is 5.98. The van der Waals surface area contributed by atoms with Crippen molar-refractivity contribution in [2.45, 2.75) is 17.7 Å². The van der Waals surface area contributed by atoms with E-state index in [1.165, 1.54) is 18.2 Å². The summed E-state index contributed by atoms with van der Waals surface area (Å²) in [6, 6.07) is 5.07. The summed E-state index contributed by atoms with van der Waals surface area (Å²) in [6.07, 6.45) is 2.11. The van der Waals surface area contributed by atoms with Crippen molar-refractivity contribution >= 4 is 10.0 Å². The van der Waals surface area contributed by atoms with Crippen LogP contribution < -0.4 is 4.72 Å². The molecule has 1 saturated heterocycles. The molecule has 0 aromatic heterocycles. The van der Waals surface area contributed by atoms with Crippen molar-refractivity contribution in [3.05, 3.63) is 30.1 Å². The highest BCUT2D eigenvalue weighted by Gasteiger charge is 2.20. The van der Waals surface area contributed by atoms with Gasteiger partial charge in [-0.2, -0.15) is 0 Å². The normalized spacial score (nSPS) is 21.5. The van der Waals surface area contributed by atoms with Gasteiger partial charge in [0.15, 0.2) is 0 Å². The second-order valence-corrected chi connectivity index (χ2v) is 6.85. The van der Waals surface area contributed by atoms with Gasteiger partial charge >= 0.3 is 0 Å². The fourth-order valence-corrected chi connectivity index (χ4v) is 3.53. The zero-order valence-electron chi connectivity index (χ0n) is 11.0. The third kappa shape index (κ3) is 3.99. The van der Waals surface area contributed by atoms with E-state index in [2.05, 4.69) is 9.62 Å². The minimum atomic E-state index is -3.61. The predicted molar refractivity (Wildman–Crippen MR) is 71.8 cm³/mol. The summed E-state index contributed by atoms with van der Waals surface area (Å²) in [7, 11) is -1.57. The van der Waals surface area contributed by atoms with Crippen LogP contribution in [0.3, 0.4) is 0 Å². The maximum atomic E-state index is 13.0. The van der Waals surface area contributed by atoms with E-state index in [0.29, 0.717) is 12.5 Å². The van der Waals surface area contributed by atoms with E-state index in [4.69, 9.17) is 0 Å². The lowest BCUT2D eigenvalue weighted by molar-refractivity contribution is 0.211. The van der Waals surface area contributed by atoms with E-state index < -0.39 is 15.8 Å². The molecule has 1 aromatic rings. The third-order valence-electron chi connectivity index (χ3n) is 3.39. The van der Waals surface area contributed by atoms with Gasteiger partial charge in [-0.1, -0.05) is 6.07 Å². The Hall–Kier alpha value is -0.980. The molecule has 1 aliphatic heterocycles. The van der Waals surface area contributed by atoms with Gasteiger partial charge in [-0.3, -0.25) is 0 Å². The van der Waals surface area contributed by atoms with Gasteiger partial charge in [0.2, 0.25) is 10.0 Å². The zero-order valence-corrected chi connectivity index (χ0v) is 11.8. The lowest BCUT2D eigenvalue weighted by atomic mass is 9.99. The Morgan fingerprint density at radius 1 is 1.47 bits per heavy atom. The first-order valence-electron chi connectivity index (χ1n) is 6.41. The number of benzene rings is 1. The second-order valence-electron chi connectivity index (χ2n) is 5.08. The Bertz CT molecular complexity index is 533. The first-order valence-corrected chi connectivity index (χ1v) is 7.89. The topological polar surface area (TPSA) is 49.4 Å². The molecule has 6 heteroatoms. The first kappa shape index (κ1) is 14.4. The van der Waals surface area contributed by atoms with Crippen LogP contribution in [0.1, 0.15) is 12.8 Å². The first-order chi connectivity index (χ1) is 8.97. The van der Waals surface area contributed by atoms with Crippen LogP contribution in [0.2, 0.25) is 0 Å². The summed E-state index contributed by atoms with van der Waals surface area (Å²) >= 11 is 0. The molecular weight excluding hydrogens is 267 g/mol. The summed E-state index contributed by atoms with van der Waals surface area (Å²) in [5.41, 5.74) is 0. The molecule has 4 nitrogen and oxygen atoms in total. The van der Waals surface area contributed by atoms with Crippen LogP contribution in [0, 0.1) is 11.7 Å². The van der Waals surface area contributed by atoms with Gasteiger partial charge in [0.05, 0.1) is 4.90 Å². The Balaban J connectivity index is 1.98. The van der Waals surface area contributed by atoms with Gasteiger partial charge in [0.25, 0.3) is 0 Å². The van der Waals surface area contributed by atoms with Gasteiger partial charge in [-0.25, -0.2) is 17.5 Å². The van der Waals surface area contributed by atoms with Gasteiger partial charge < -0.3 is 4.90 Å². The molecule has 19 heavy (non-hydrogen) atoms. The highest BCUT2D eigenvalue weighted by molar-refractivity contribution is 7.89. The summed E-state index contributed by atoms with van der Waals surface area (Å²) in [6.45, 7) is 2.36. The monoisotopic (exact) mass is 286 g/mol. The Morgan fingerprint density at radius 2 is 2.26 bits per heavy atom. The molecule has 0 saturated carbocycles. The van der Waals surface area contributed by atoms with Gasteiger partial charge in [-0.15, -0.1) is 0 Å². The number of halogens is 1. The third-order valence-corrected chi connectivity index (χ3v) is 4.81. The summed E-state index contributed by atoms with van der Waals surface area (Å²) < 4.78 is 39.7. The van der Waals surface area contributed by atoms with E-state index in [1.807, 2.05) is 7.05 Å². The lowest BCUT2D eigenvalue weighted by Crippen LogP contribution is -2.39. The molecular formula is C13H19FN2O2S. The van der Waals surface area contributed by atoms with Gasteiger partial charge in [0.1, 0.15) is 5.82 Å². The summed E-state index contributed by atoms with van der Waals surface area (Å²) in [5.74, 6) is -0.220. The maximum Gasteiger partial charge on any atom is 0.240 e. The lowest BCUT2D eigenvalue weighted by Gasteiger charge is -2.29. The number of hydrogen-bond donors (Lipinski definition) is 1. The summed E-state index contributed by atoms with van der Waals surface area (Å²) in [4.78, 5) is 2.18. The number of sulfonamides is 1. The fraction of sp³-hybridized carbons (Fsp3) is 0.538. The van der Waals surface area contributed by atoms with E-state index in [0.717, 1.165) is 32.0 Å². The number of hydrogen-bond acceptors (Lipinski definition) is 3. The van der Waals surface area contributed by atoms with Crippen molar-refractivity contribution in [1.29, 1.82) is 0 Å². The van der Waals surface area contributed by atoms with E-state index in [-0.39, 0.29) is 4.90 Å². The fourth-order valence-electron chi connectivity index (χ4n) is 2.38. The molecule has 0 aliphatic carbocycles. The molecule has 1 N–H and O–H groups in total. The van der Waals surface area contributed by atoms with E-state index in [9.17, 15) is 12.8 Å². The quantitative estimate of drug-likeness (QED) is 0.911. The SMILES string of the molecule is CN1CCCC(CNS(=O)(=O)c2cccc(F)c2)C1. The minimum absolute atomic E-state index is 0.0170. The number of nitrogens with one attached hydrogen (secondary N) is 1. The molecule has 0 bridgehead atoms. The van der Waals surface area contributed by atoms with E-state index >= 15 is 0 Å². The number of nitrogens with zero attached hydrogens (tertiary/aromatic N) is 1. The average Bonchev–Trinajstić information content (AvgIpc) is 2.37. The van der Waals surface area contributed by atoms with E-state index in [1.54, 1.807) is 0 Å². The van der Waals surface area contributed by atoms with Crippen LogP contribution in [0.5, 0.6) is 0 Å². The Labute approximate surface area is 113 Å². The van der Waals surface area contributed by atoms with Crippen LogP contribution in [0.4, 0.5) is 4.39 Å². The van der Waals surface area contributed by atoms with Gasteiger partial charge in [-0.05, 0) is 50.6 Å². The van der Waals surface area contributed by atoms with Crippen molar-refractivity contribution in [3.8, 4) is 0 Å². The molecule has 1 aliphatic rings. The highest BCUT2D eigenvalue weighted by atomic mass is 32.2. The molecule has 0 spiro atoms. The van der Waals surface area contributed by atoms with Crippen molar-refractivity contribution in [2.75, 3.05) is 26.7 Å². The Morgan fingerprint density at radius 3 is 2.95 bits per heavy atom. The van der Waals surface area contributed by atoms with Crippen molar-refractivity contribution in [3.63, 3.8) is 0 Å². The van der Waals surface area contributed by atoms with Crippen molar-refractivity contribution in [1.82, 2.24) is 9.62 Å². The predicted octanol–water partition coefficient (Wildman–Crippen LogP) is 1.45. The molecule has 1 atom stereocenters. The zero-order chi connectivity index (χ0) is 13.9. The summed E-state index contributed by atoms with van der Waals surface area (Å²) in [5, 5.41) is 0. The largest absolute Gasteiger partial charge is 0.306 e. The number of piperidine rings is 1. The molecule has 1 aromatic carbocycles. The van der Waals surface area contributed by atoms with Gasteiger partial charge in [0, 0.05) is 13.1 Å². The Kier molecular flexibility index (Phi) is 4.54. The average molecular weight is 286 g/mol. The van der Waals surface area contributed by atoms with Crippen LogP contribution in [0.15, 0.2) is 29.2 Å². The molecule has 2 rings (SSSR count). The standard InChI is InChI=1S/C13H19FN2O2S/c1-16-7-3-4-11(10-16)9-15-19(17,18)13-6-2-5-12(14)8-13/h2,5-6,8,11,15H,3-4,7,9-10H2,1H3. The van der Waals surface area contributed by atoms with Crippen molar-refractivity contribution in [2.24, 2.45) is 5.92 Å². The molecule has 0 amide bonds. The van der Waals surface area contributed by atoms with Crippen LogP contribution in [-0.4, -0.2) is 40.0 Å². The number of rotatable bonds is 4. The highest BCUT2D eigenvalue weighted by Crippen LogP contribution is 2.16. The molecule has 1 fully saturated rings. The molecule has 1 heterocycles. The maximum absolute atomic E-state index is 13.0.